The van der Waals surface area contributed by atoms with Gasteiger partial charge in [0.15, 0.2) is 0 Å². The van der Waals surface area contributed by atoms with Gasteiger partial charge < -0.3 is 18.6 Å². The van der Waals surface area contributed by atoms with Crippen molar-refractivity contribution in [2.45, 2.75) is 6.42 Å². The number of hydrogen-bond donors (Lipinski definition) is 0. The van der Waals surface area contributed by atoms with Crippen molar-refractivity contribution in [2.75, 3.05) is 9.80 Å². The molecule has 0 saturated carbocycles. The number of allylic oxidation sites excluding steroid dienone is 4. The maximum absolute atomic E-state index is 7.16. The maximum Gasteiger partial charge on any atom is 0.143 e. The van der Waals surface area contributed by atoms with Crippen molar-refractivity contribution in [3.05, 3.63) is 277 Å². The van der Waals surface area contributed by atoms with Crippen LogP contribution in [0.3, 0.4) is 0 Å². The third kappa shape index (κ3) is 6.83. The molecule has 0 radical (unpaired) electrons. The molecule has 2 aromatic heterocycles. The molecule has 348 valence electrons. The highest BCUT2D eigenvalue weighted by molar-refractivity contribution is 6.26. The minimum atomic E-state index is 0.0923. The van der Waals surface area contributed by atoms with Crippen LogP contribution in [0.1, 0.15) is 11.3 Å². The van der Waals surface area contributed by atoms with E-state index in [1.807, 2.05) is 0 Å². The van der Waals surface area contributed by atoms with E-state index in [0.717, 1.165) is 89.1 Å². The number of nitrogens with zero attached hydrogens (tertiary/aromatic N) is 2. The van der Waals surface area contributed by atoms with E-state index in [9.17, 15) is 0 Å². The molecule has 1 unspecified atom stereocenters. The normalized spacial score (nSPS) is 14.1. The average molecular weight is 947 g/mol. The zero-order chi connectivity index (χ0) is 48.7. The van der Waals surface area contributed by atoms with E-state index in [1.165, 1.54) is 49.4 Å². The van der Waals surface area contributed by atoms with Crippen LogP contribution in [-0.2, 0) is 6.42 Å². The van der Waals surface area contributed by atoms with Gasteiger partial charge in [0.25, 0.3) is 0 Å². The Morgan fingerprint density at radius 3 is 1.54 bits per heavy atom. The molecule has 0 amide bonds. The second-order valence-electron chi connectivity index (χ2n) is 19.5. The first-order valence-corrected chi connectivity index (χ1v) is 25.5. The first kappa shape index (κ1) is 42.1. The highest BCUT2D eigenvalue weighted by Crippen LogP contribution is 2.52. The highest BCUT2D eigenvalue weighted by atomic mass is 16.3. The molecule has 0 N–H and O–H groups in total. The van der Waals surface area contributed by atoms with Gasteiger partial charge in [-0.3, -0.25) is 0 Å². The minimum absolute atomic E-state index is 0.0923. The third-order valence-electron chi connectivity index (χ3n) is 15.3. The summed E-state index contributed by atoms with van der Waals surface area (Å²) in [5, 5.41) is 10.4. The Morgan fingerprint density at radius 2 is 0.905 bits per heavy atom. The van der Waals surface area contributed by atoms with E-state index in [2.05, 4.69) is 271 Å². The lowest BCUT2D eigenvalue weighted by molar-refractivity contribution is 0.520. The third-order valence-corrected chi connectivity index (χ3v) is 15.3. The molecule has 4 nitrogen and oxygen atoms in total. The van der Waals surface area contributed by atoms with Crippen LogP contribution in [0.15, 0.2) is 275 Å². The summed E-state index contributed by atoms with van der Waals surface area (Å²) in [5.74, 6) is 1.06. The van der Waals surface area contributed by atoms with Crippen molar-refractivity contribution in [3.8, 4) is 22.3 Å². The number of para-hydroxylation sites is 2. The van der Waals surface area contributed by atoms with Crippen LogP contribution in [0.5, 0.6) is 0 Å². The molecule has 1 atom stereocenters. The summed E-state index contributed by atoms with van der Waals surface area (Å²) >= 11 is 0. The van der Waals surface area contributed by atoms with Gasteiger partial charge in [-0.2, -0.15) is 0 Å². The van der Waals surface area contributed by atoms with Crippen LogP contribution in [0, 0.1) is 5.92 Å². The van der Waals surface area contributed by atoms with Crippen LogP contribution in [-0.4, -0.2) is 0 Å². The second-order valence-corrected chi connectivity index (χ2v) is 19.5. The minimum Gasteiger partial charge on any atom is -0.460 e. The molecule has 0 aliphatic heterocycles. The predicted octanol–water partition coefficient (Wildman–Crippen LogP) is 19.4. The van der Waals surface area contributed by atoms with Crippen LogP contribution in [0.25, 0.3) is 93.6 Å². The fourth-order valence-electron chi connectivity index (χ4n) is 11.9. The largest absolute Gasteiger partial charge is 0.460 e. The zero-order valence-corrected chi connectivity index (χ0v) is 40.3. The Balaban J connectivity index is 0.884. The molecule has 0 fully saturated rings. The molecule has 15 rings (SSSR count). The summed E-state index contributed by atoms with van der Waals surface area (Å²) in [7, 11) is 0. The zero-order valence-electron chi connectivity index (χ0n) is 40.3. The van der Waals surface area contributed by atoms with Gasteiger partial charge in [0.05, 0.1) is 16.5 Å². The second kappa shape index (κ2) is 17.0. The maximum atomic E-state index is 7.16. The van der Waals surface area contributed by atoms with Crippen molar-refractivity contribution in [2.24, 2.45) is 5.92 Å². The Kier molecular flexibility index (Phi) is 9.67. The lowest BCUT2D eigenvalue weighted by Crippen LogP contribution is -2.20. The molecule has 11 aromatic carbocycles. The number of anilines is 5. The number of benzene rings is 11. The standard InChI is InChI=1S/C70H46N2O2/c1-3-20-52(21-4-1)71(54-35-29-48(30-36-54)59-27-13-18-45-15-7-10-24-57(45)59)56-39-33-50-42-63-64(43-51(50)41-56)73-65-44-66-67(62-40-34-47-17-9-12-26-61(47)70(62)74-66)69(68(63)65)72(53-22-5-2-6-23-53)55-37-31-49(32-38-55)60-28-14-19-46-16-8-11-25-58(46)60/h1-42,44,51H,43H2. The Morgan fingerprint density at radius 1 is 0.392 bits per heavy atom. The topological polar surface area (TPSA) is 32.8 Å². The van der Waals surface area contributed by atoms with Crippen molar-refractivity contribution >= 4 is 99.7 Å². The number of fused-ring (bicyclic) bond motifs is 11. The number of hydrogen-bond acceptors (Lipinski definition) is 4. The van der Waals surface area contributed by atoms with Crippen LogP contribution >= 0.6 is 0 Å². The van der Waals surface area contributed by atoms with Crippen molar-refractivity contribution < 1.29 is 8.83 Å². The van der Waals surface area contributed by atoms with Crippen molar-refractivity contribution in [1.29, 1.82) is 0 Å². The molecule has 74 heavy (non-hydrogen) atoms. The van der Waals surface area contributed by atoms with Gasteiger partial charge in [0, 0.05) is 63.2 Å². The SMILES string of the molecule is C1=CC(N(c2ccccc2)c2ccc(-c3cccc4ccccc34)cc2)=CC2Cc3oc4cc5oc6c7ccccc7ccc6c5c(N(c5ccccc5)c5ccc(-c6cccc7ccccc67)cc5)c4c3C=C12. The van der Waals surface area contributed by atoms with Gasteiger partial charge in [0.2, 0.25) is 0 Å². The Bertz CT molecular complexity index is 4430. The van der Waals surface area contributed by atoms with Gasteiger partial charge in [0.1, 0.15) is 22.5 Å². The first-order chi connectivity index (χ1) is 36.7. The van der Waals surface area contributed by atoms with Crippen molar-refractivity contribution in [3.63, 3.8) is 0 Å². The Labute approximate surface area is 428 Å². The summed E-state index contributed by atoms with van der Waals surface area (Å²) in [5.41, 5.74) is 16.1. The quantitative estimate of drug-likeness (QED) is 0.152. The summed E-state index contributed by atoms with van der Waals surface area (Å²) in [4.78, 5) is 4.79. The summed E-state index contributed by atoms with van der Waals surface area (Å²) in [6.07, 6.45) is 10.1. The van der Waals surface area contributed by atoms with E-state index < -0.39 is 0 Å². The molecule has 13 aromatic rings. The fourth-order valence-corrected chi connectivity index (χ4v) is 11.9. The molecule has 0 saturated heterocycles. The van der Waals surface area contributed by atoms with E-state index >= 15 is 0 Å². The molecule has 2 aliphatic rings. The average Bonchev–Trinajstić information content (AvgIpc) is 4.02. The van der Waals surface area contributed by atoms with Crippen molar-refractivity contribution in [1.82, 2.24) is 0 Å². The molecule has 2 aliphatic carbocycles. The van der Waals surface area contributed by atoms with Gasteiger partial charge in [-0.25, -0.2) is 0 Å². The smallest absolute Gasteiger partial charge is 0.143 e. The van der Waals surface area contributed by atoms with Gasteiger partial charge in [-0.15, -0.1) is 0 Å². The first-order valence-electron chi connectivity index (χ1n) is 25.5. The molecule has 0 bridgehead atoms. The van der Waals surface area contributed by atoms with E-state index in [1.54, 1.807) is 0 Å². The molecular formula is C70H46N2O2. The molecule has 4 heteroatoms. The van der Waals surface area contributed by atoms with E-state index in [0.29, 0.717) is 6.42 Å². The number of furan rings is 2. The summed E-state index contributed by atoms with van der Waals surface area (Å²) in [6, 6.07) is 84.9. The van der Waals surface area contributed by atoms with Crippen LogP contribution < -0.4 is 9.80 Å². The van der Waals surface area contributed by atoms with Gasteiger partial charge in [-0.05, 0) is 122 Å². The summed E-state index contributed by atoms with van der Waals surface area (Å²) in [6.45, 7) is 0. The monoisotopic (exact) mass is 946 g/mol. The lowest BCUT2D eigenvalue weighted by Gasteiger charge is -2.31. The van der Waals surface area contributed by atoms with E-state index in [-0.39, 0.29) is 5.92 Å². The highest BCUT2D eigenvalue weighted by Gasteiger charge is 2.32. The van der Waals surface area contributed by atoms with Crippen LogP contribution in [0.2, 0.25) is 0 Å². The van der Waals surface area contributed by atoms with Crippen LogP contribution in [0.4, 0.5) is 28.4 Å². The van der Waals surface area contributed by atoms with Gasteiger partial charge >= 0.3 is 0 Å². The molecule has 2 heterocycles. The lowest BCUT2D eigenvalue weighted by atomic mass is 9.82. The predicted molar refractivity (Wildman–Crippen MR) is 309 cm³/mol. The molecular weight excluding hydrogens is 901 g/mol. The molecule has 0 spiro atoms. The van der Waals surface area contributed by atoms with Gasteiger partial charge in [-0.1, -0.05) is 188 Å². The fraction of sp³-hybridized carbons (Fsp3) is 0.0286. The van der Waals surface area contributed by atoms with E-state index in [4.69, 9.17) is 8.83 Å². The summed E-state index contributed by atoms with van der Waals surface area (Å²) < 4.78 is 14.2. The Hall–Kier alpha value is -9.64. The number of rotatable bonds is 8.